The molecule has 0 unspecified atom stereocenters. The van der Waals surface area contributed by atoms with E-state index in [1.165, 1.54) is 0 Å². The molecule has 96 valence electrons. The first-order valence-corrected chi connectivity index (χ1v) is 6.69. The highest BCUT2D eigenvalue weighted by Gasteiger charge is 1.99. The Kier molecular flexibility index (Phi) is 4.78. The molecule has 1 heterocycles. The molecule has 1 aromatic carbocycles. The predicted molar refractivity (Wildman–Crippen MR) is 74.4 cm³/mol. The number of aryl methyl sites for hydroxylation is 1. The molecule has 2 aromatic rings. The number of imidazole rings is 1. The van der Waals surface area contributed by atoms with Crippen LogP contribution in [0.5, 0.6) is 5.75 Å². The van der Waals surface area contributed by atoms with Crippen molar-refractivity contribution < 1.29 is 5.11 Å². The van der Waals surface area contributed by atoms with Crippen LogP contribution in [0.3, 0.4) is 0 Å². The van der Waals surface area contributed by atoms with Crippen LogP contribution < -0.4 is 5.32 Å². The number of aromatic nitrogens is 2. The Morgan fingerprint density at radius 2 is 2.28 bits per heavy atom. The molecule has 0 fully saturated rings. The maximum atomic E-state index is 9.38. The van der Waals surface area contributed by atoms with Gasteiger partial charge in [-0.1, -0.05) is 6.07 Å². The van der Waals surface area contributed by atoms with E-state index in [4.69, 9.17) is 0 Å². The first-order valence-electron chi connectivity index (χ1n) is 5.89. The van der Waals surface area contributed by atoms with Crippen molar-refractivity contribution in [1.29, 1.82) is 0 Å². The fraction of sp³-hybridized carbons (Fsp3) is 0.308. The van der Waals surface area contributed by atoms with Gasteiger partial charge in [0.1, 0.15) is 5.75 Å². The number of nitrogens with one attached hydrogen (secondary N) is 1. The lowest BCUT2D eigenvalue weighted by atomic mass is 10.2. The molecule has 1 aromatic heterocycles. The molecule has 2 rings (SSSR count). The van der Waals surface area contributed by atoms with Gasteiger partial charge in [-0.3, -0.25) is 0 Å². The third-order valence-electron chi connectivity index (χ3n) is 2.67. The lowest BCUT2D eigenvalue weighted by molar-refractivity contribution is 0.471. The van der Waals surface area contributed by atoms with Crippen LogP contribution in [0.2, 0.25) is 0 Å². The first-order chi connectivity index (χ1) is 8.75. The number of phenolic OH excluding ortho intramolecular Hbond substituents is 1. The summed E-state index contributed by atoms with van der Waals surface area (Å²) in [5.74, 6) is 0.277. The fourth-order valence-corrected chi connectivity index (χ4v) is 2.12. The minimum atomic E-state index is 0.277. The van der Waals surface area contributed by atoms with Gasteiger partial charge in [0.25, 0.3) is 0 Å². The first kappa shape index (κ1) is 13.1. The monoisotopic (exact) mass is 309 g/mol. The molecule has 5 heteroatoms. The maximum absolute atomic E-state index is 9.38. The van der Waals surface area contributed by atoms with Crippen LogP contribution in [0.15, 0.2) is 41.4 Å². The smallest absolute Gasteiger partial charge is 0.129 e. The quantitative estimate of drug-likeness (QED) is 0.806. The molecule has 0 aliphatic carbocycles. The Balaban J connectivity index is 1.67. The molecule has 18 heavy (non-hydrogen) atoms. The van der Waals surface area contributed by atoms with Gasteiger partial charge in [-0.2, -0.15) is 0 Å². The molecule has 0 bridgehead atoms. The highest BCUT2D eigenvalue weighted by Crippen LogP contribution is 2.24. The summed E-state index contributed by atoms with van der Waals surface area (Å²) in [6.45, 7) is 2.74. The predicted octanol–water partition coefficient (Wildman–Crippen LogP) is 2.53. The summed E-state index contributed by atoms with van der Waals surface area (Å²) in [5, 5.41) is 12.8. The SMILES string of the molecule is Oc1ccc(CNCCCn2ccnc2)cc1Br. The zero-order valence-electron chi connectivity index (χ0n) is 10.0. The fourth-order valence-electron chi connectivity index (χ4n) is 1.70. The lowest BCUT2D eigenvalue weighted by Gasteiger charge is -2.06. The number of phenols is 1. The van der Waals surface area contributed by atoms with Crippen molar-refractivity contribution in [1.82, 2.24) is 14.9 Å². The van der Waals surface area contributed by atoms with Crippen molar-refractivity contribution in [3.8, 4) is 5.75 Å². The summed E-state index contributed by atoms with van der Waals surface area (Å²) in [6, 6.07) is 5.55. The summed E-state index contributed by atoms with van der Waals surface area (Å²) in [5.41, 5.74) is 1.15. The number of hydrogen-bond donors (Lipinski definition) is 2. The van der Waals surface area contributed by atoms with Crippen LogP contribution in [-0.2, 0) is 13.1 Å². The standard InChI is InChI=1S/C13H16BrN3O/c14-12-8-11(2-3-13(12)18)9-15-4-1-6-17-7-5-16-10-17/h2-3,5,7-8,10,15,18H,1,4,6,9H2. The summed E-state index contributed by atoms with van der Waals surface area (Å²) in [4.78, 5) is 4.00. The Bertz CT molecular complexity index is 485. The van der Waals surface area contributed by atoms with Crippen LogP contribution in [0.4, 0.5) is 0 Å². The zero-order valence-corrected chi connectivity index (χ0v) is 11.6. The van der Waals surface area contributed by atoms with Gasteiger partial charge in [-0.25, -0.2) is 4.98 Å². The number of aromatic hydroxyl groups is 1. The molecule has 0 atom stereocenters. The van der Waals surface area contributed by atoms with E-state index >= 15 is 0 Å². The number of nitrogens with zero attached hydrogens (tertiary/aromatic N) is 2. The molecule has 0 saturated heterocycles. The van der Waals surface area contributed by atoms with Gasteiger partial charge < -0.3 is 15.0 Å². The molecule has 0 aliphatic rings. The van der Waals surface area contributed by atoms with Crippen LogP contribution in [-0.4, -0.2) is 21.2 Å². The number of rotatable bonds is 6. The molecule has 4 nitrogen and oxygen atoms in total. The molecule has 0 spiro atoms. The Morgan fingerprint density at radius 1 is 1.39 bits per heavy atom. The van der Waals surface area contributed by atoms with E-state index in [-0.39, 0.29) is 5.75 Å². The van der Waals surface area contributed by atoms with Crippen LogP contribution in [0, 0.1) is 0 Å². The van der Waals surface area contributed by atoms with E-state index in [0.717, 1.165) is 36.1 Å². The van der Waals surface area contributed by atoms with Crippen molar-refractivity contribution in [2.75, 3.05) is 6.54 Å². The number of benzene rings is 1. The molecular weight excluding hydrogens is 294 g/mol. The zero-order chi connectivity index (χ0) is 12.8. The summed E-state index contributed by atoms with van der Waals surface area (Å²) < 4.78 is 2.80. The third kappa shape index (κ3) is 3.85. The molecule has 0 amide bonds. The van der Waals surface area contributed by atoms with Gasteiger partial charge in [0.15, 0.2) is 0 Å². The average molecular weight is 310 g/mol. The second-order valence-electron chi connectivity index (χ2n) is 4.12. The van der Waals surface area contributed by atoms with Gasteiger partial charge in [0, 0.05) is 25.5 Å². The van der Waals surface area contributed by atoms with Crippen LogP contribution >= 0.6 is 15.9 Å². The molecule has 0 radical (unpaired) electrons. The van der Waals surface area contributed by atoms with Crippen LogP contribution in [0.25, 0.3) is 0 Å². The summed E-state index contributed by atoms with van der Waals surface area (Å²) in [6.07, 6.45) is 6.66. The minimum absolute atomic E-state index is 0.277. The van der Waals surface area contributed by atoms with Gasteiger partial charge in [0.2, 0.25) is 0 Å². The van der Waals surface area contributed by atoms with E-state index in [2.05, 4.69) is 30.8 Å². The van der Waals surface area contributed by atoms with E-state index in [0.29, 0.717) is 0 Å². The lowest BCUT2D eigenvalue weighted by Crippen LogP contribution is -2.16. The van der Waals surface area contributed by atoms with E-state index in [1.807, 2.05) is 24.7 Å². The average Bonchev–Trinajstić information content (AvgIpc) is 2.86. The Hall–Kier alpha value is -1.33. The van der Waals surface area contributed by atoms with Crippen molar-refractivity contribution in [2.24, 2.45) is 0 Å². The Morgan fingerprint density at radius 3 is 3.00 bits per heavy atom. The van der Waals surface area contributed by atoms with Crippen molar-refractivity contribution >= 4 is 15.9 Å². The van der Waals surface area contributed by atoms with Crippen LogP contribution in [0.1, 0.15) is 12.0 Å². The van der Waals surface area contributed by atoms with E-state index in [1.54, 1.807) is 12.3 Å². The van der Waals surface area contributed by atoms with Crippen molar-refractivity contribution in [3.63, 3.8) is 0 Å². The van der Waals surface area contributed by atoms with Gasteiger partial charge in [-0.15, -0.1) is 0 Å². The number of halogens is 1. The number of hydrogen-bond acceptors (Lipinski definition) is 3. The molecule has 0 saturated carbocycles. The largest absolute Gasteiger partial charge is 0.507 e. The highest BCUT2D eigenvalue weighted by molar-refractivity contribution is 9.10. The van der Waals surface area contributed by atoms with Gasteiger partial charge >= 0.3 is 0 Å². The molecule has 2 N–H and O–H groups in total. The molecular formula is C13H16BrN3O. The highest BCUT2D eigenvalue weighted by atomic mass is 79.9. The summed E-state index contributed by atoms with van der Waals surface area (Å²) >= 11 is 3.31. The van der Waals surface area contributed by atoms with Gasteiger partial charge in [0.05, 0.1) is 10.8 Å². The van der Waals surface area contributed by atoms with Crippen molar-refractivity contribution in [3.05, 3.63) is 47.0 Å². The third-order valence-corrected chi connectivity index (χ3v) is 3.31. The Labute approximate surface area is 115 Å². The van der Waals surface area contributed by atoms with E-state index in [9.17, 15) is 5.11 Å². The van der Waals surface area contributed by atoms with Crippen molar-refractivity contribution in [2.45, 2.75) is 19.5 Å². The maximum Gasteiger partial charge on any atom is 0.129 e. The second-order valence-corrected chi connectivity index (χ2v) is 4.97. The summed E-state index contributed by atoms with van der Waals surface area (Å²) in [7, 11) is 0. The normalized spacial score (nSPS) is 10.7. The van der Waals surface area contributed by atoms with Gasteiger partial charge in [-0.05, 0) is 46.6 Å². The van der Waals surface area contributed by atoms with E-state index < -0.39 is 0 Å². The second kappa shape index (κ2) is 6.56. The topological polar surface area (TPSA) is 50.1 Å². The molecule has 0 aliphatic heterocycles. The minimum Gasteiger partial charge on any atom is -0.507 e.